The number of nitriles is 1. The highest BCUT2D eigenvalue weighted by Crippen LogP contribution is 2.11. The maximum Gasteiger partial charge on any atom is 0.309 e. The summed E-state index contributed by atoms with van der Waals surface area (Å²) in [6.45, 7) is 0. The van der Waals surface area contributed by atoms with Crippen LogP contribution < -0.4 is 0 Å². The van der Waals surface area contributed by atoms with E-state index in [0.29, 0.717) is 5.02 Å². The van der Waals surface area contributed by atoms with E-state index in [1.54, 1.807) is 6.07 Å². The van der Waals surface area contributed by atoms with Crippen molar-refractivity contribution in [3.63, 3.8) is 0 Å². The first kappa shape index (κ1) is 9.49. The molecule has 0 unspecified atom stereocenters. The molecule has 0 atom stereocenters. The van der Waals surface area contributed by atoms with Crippen LogP contribution in [0.4, 0.5) is 0 Å². The van der Waals surface area contributed by atoms with Gasteiger partial charge in [0.1, 0.15) is 11.8 Å². The van der Waals surface area contributed by atoms with Crippen LogP contribution in [0.15, 0.2) is 12.1 Å². The van der Waals surface area contributed by atoms with Crippen LogP contribution in [0.5, 0.6) is 0 Å². The minimum Gasteiger partial charge on any atom is -0.481 e. The van der Waals surface area contributed by atoms with Gasteiger partial charge in [0.2, 0.25) is 0 Å². The largest absolute Gasteiger partial charge is 0.481 e. The van der Waals surface area contributed by atoms with E-state index in [4.69, 9.17) is 22.0 Å². The van der Waals surface area contributed by atoms with Gasteiger partial charge in [0, 0.05) is 5.02 Å². The van der Waals surface area contributed by atoms with Crippen LogP contribution in [-0.4, -0.2) is 16.1 Å². The number of aromatic nitrogens is 1. The number of nitrogens with zero attached hydrogens (tertiary/aromatic N) is 2. The molecule has 1 rings (SSSR count). The second-order valence-electron chi connectivity index (χ2n) is 2.34. The first-order valence-electron chi connectivity index (χ1n) is 3.40. The highest BCUT2D eigenvalue weighted by Gasteiger charge is 2.04. The van der Waals surface area contributed by atoms with E-state index in [2.05, 4.69) is 4.98 Å². The Labute approximate surface area is 79.4 Å². The topological polar surface area (TPSA) is 74.0 Å². The van der Waals surface area contributed by atoms with Crippen molar-refractivity contribution in [3.8, 4) is 6.07 Å². The molecule has 0 fully saturated rings. The summed E-state index contributed by atoms with van der Waals surface area (Å²) in [5, 5.41) is 17.3. The molecule has 13 heavy (non-hydrogen) atoms. The van der Waals surface area contributed by atoms with E-state index >= 15 is 0 Å². The standard InChI is InChI=1S/C8H5ClN2O2/c9-5-1-6(3-8(12)13)11-7(2-5)4-10/h1-2H,3H2,(H,12,13). The van der Waals surface area contributed by atoms with E-state index in [1.165, 1.54) is 12.1 Å². The van der Waals surface area contributed by atoms with E-state index in [0.717, 1.165) is 0 Å². The average Bonchev–Trinajstić information content (AvgIpc) is 2.01. The number of hydrogen-bond donors (Lipinski definition) is 1. The lowest BCUT2D eigenvalue weighted by Crippen LogP contribution is -2.03. The van der Waals surface area contributed by atoms with Crippen molar-refractivity contribution in [3.05, 3.63) is 28.5 Å². The Kier molecular flexibility index (Phi) is 2.83. The van der Waals surface area contributed by atoms with Gasteiger partial charge in [-0.1, -0.05) is 11.6 Å². The van der Waals surface area contributed by atoms with E-state index in [-0.39, 0.29) is 17.8 Å². The Bertz CT molecular complexity index is 384. The lowest BCUT2D eigenvalue weighted by Gasteiger charge is -1.97. The molecule has 0 aromatic carbocycles. The molecule has 0 aliphatic rings. The molecule has 1 N–H and O–H groups in total. The normalized spacial score (nSPS) is 9.23. The quantitative estimate of drug-likeness (QED) is 0.772. The van der Waals surface area contributed by atoms with Crippen LogP contribution in [0.25, 0.3) is 0 Å². The van der Waals surface area contributed by atoms with Crippen molar-refractivity contribution >= 4 is 17.6 Å². The smallest absolute Gasteiger partial charge is 0.309 e. The van der Waals surface area contributed by atoms with Crippen molar-refractivity contribution in [2.45, 2.75) is 6.42 Å². The van der Waals surface area contributed by atoms with Crippen molar-refractivity contribution in [1.29, 1.82) is 5.26 Å². The van der Waals surface area contributed by atoms with Crippen LogP contribution in [0.2, 0.25) is 5.02 Å². The molecule has 0 amide bonds. The number of carboxylic acids is 1. The summed E-state index contributed by atoms with van der Waals surface area (Å²) in [7, 11) is 0. The van der Waals surface area contributed by atoms with Crippen molar-refractivity contribution in [2.75, 3.05) is 0 Å². The molecule has 0 spiro atoms. The van der Waals surface area contributed by atoms with Crippen molar-refractivity contribution in [1.82, 2.24) is 4.98 Å². The van der Waals surface area contributed by atoms with E-state index < -0.39 is 5.97 Å². The second-order valence-corrected chi connectivity index (χ2v) is 2.78. The Morgan fingerprint density at radius 1 is 1.69 bits per heavy atom. The van der Waals surface area contributed by atoms with E-state index in [1.807, 2.05) is 0 Å². The number of halogens is 1. The minimum absolute atomic E-state index is 0.128. The molecule has 0 aliphatic heterocycles. The Hall–Kier alpha value is -1.60. The summed E-state index contributed by atoms with van der Waals surface area (Å²) in [6.07, 6.45) is -0.227. The molecule has 66 valence electrons. The molecule has 0 aliphatic carbocycles. The third-order valence-corrected chi connectivity index (χ3v) is 1.51. The molecule has 1 aromatic rings. The molecule has 1 heterocycles. The van der Waals surface area contributed by atoms with Gasteiger partial charge in [-0.25, -0.2) is 4.98 Å². The van der Waals surface area contributed by atoms with Crippen molar-refractivity contribution in [2.24, 2.45) is 0 Å². The summed E-state index contributed by atoms with van der Waals surface area (Å²) in [5.41, 5.74) is 0.417. The van der Waals surface area contributed by atoms with Gasteiger partial charge in [0.05, 0.1) is 12.1 Å². The van der Waals surface area contributed by atoms with Gasteiger partial charge in [0.15, 0.2) is 0 Å². The van der Waals surface area contributed by atoms with Gasteiger partial charge in [-0.05, 0) is 12.1 Å². The first-order chi connectivity index (χ1) is 6.11. The van der Waals surface area contributed by atoms with E-state index in [9.17, 15) is 4.79 Å². The van der Waals surface area contributed by atoms with Gasteiger partial charge in [-0.2, -0.15) is 5.26 Å². The third kappa shape index (κ3) is 2.73. The highest BCUT2D eigenvalue weighted by molar-refractivity contribution is 6.30. The van der Waals surface area contributed by atoms with Gasteiger partial charge < -0.3 is 5.11 Å². The number of rotatable bonds is 2. The summed E-state index contributed by atoms with van der Waals surface area (Å²) in [5.74, 6) is -1.00. The zero-order chi connectivity index (χ0) is 9.84. The molecule has 5 heteroatoms. The zero-order valence-electron chi connectivity index (χ0n) is 6.49. The fourth-order valence-corrected chi connectivity index (χ4v) is 1.08. The van der Waals surface area contributed by atoms with Crippen LogP contribution >= 0.6 is 11.6 Å². The fourth-order valence-electron chi connectivity index (χ4n) is 0.853. The molecule has 0 bridgehead atoms. The maximum absolute atomic E-state index is 10.3. The Balaban J connectivity index is 3.03. The van der Waals surface area contributed by atoms with Crippen LogP contribution in [-0.2, 0) is 11.2 Å². The number of carbonyl (C=O) groups is 1. The summed E-state index contributed by atoms with van der Waals surface area (Å²) < 4.78 is 0. The predicted molar refractivity (Wildman–Crippen MR) is 45.3 cm³/mol. The summed E-state index contributed by atoms with van der Waals surface area (Å²) >= 11 is 5.63. The lowest BCUT2D eigenvalue weighted by molar-refractivity contribution is -0.136. The molecular weight excluding hydrogens is 192 g/mol. The molecule has 0 saturated carbocycles. The predicted octanol–water partition coefficient (Wildman–Crippen LogP) is 1.23. The molecule has 4 nitrogen and oxygen atoms in total. The SMILES string of the molecule is N#Cc1cc(Cl)cc(CC(=O)O)n1. The average molecular weight is 197 g/mol. The second kappa shape index (κ2) is 3.87. The minimum atomic E-state index is -1.00. The van der Waals surface area contributed by atoms with Crippen LogP contribution in [0.3, 0.4) is 0 Å². The van der Waals surface area contributed by atoms with Gasteiger partial charge in [-0.3, -0.25) is 4.79 Å². The summed E-state index contributed by atoms with van der Waals surface area (Å²) in [6, 6.07) is 4.60. The Morgan fingerprint density at radius 3 is 2.92 bits per heavy atom. The molecule has 1 aromatic heterocycles. The van der Waals surface area contributed by atoms with Gasteiger partial charge in [0.25, 0.3) is 0 Å². The molecule has 0 radical (unpaired) electrons. The zero-order valence-corrected chi connectivity index (χ0v) is 7.25. The first-order valence-corrected chi connectivity index (χ1v) is 3.78. The van der Waals surface area contributed by atoms with Crippen LogP contribution in [0, 0.1) is 11.3 Å². The number of aliphatic carboxylic acids is 1. The lowest BCUT2D eigenvalue weighted by atomic mass is 10.2. The van der Waals surface area contributed by atoms with Crippen LogP contribution in [0.1, 0.15) is 11.4 Å². The number of pyridine rings is 1. The molecular formula is C8H5ClN2O2. The third-order valence-electron chi connectivity index (χ3n) is 1.29. The van der Waals surface area contributed by atoms with Gasteiger partial charge in [-0.15, -0.1) is 0 Å². The summed E-state index contributed by atoms with van der Waals surface area (Å²) in [4.78, 5) is 14.1. The maximum atomic E-state index is 10.3. The van der Waals surface area contributed by atoms with Crippen molar-refractivity contribution < 1.29 is 9.90 Å². The number of carboxylic acid groups (broad SMARTS) is 1. The Morgan fingerprint density at radius 2 is 2.38 bits per heavy atom. The monoisotopic (exact) mass is 196 g/mol. The highest BCUT2D eigenvalue weighted by atomic mass is 35.5. The molecule has 0 saturated heterocycles. The van der Waals surface area contributed by atoms with Gasteiger partial charge >= 0.3 is 5.97 Å². The number of hydrogen-bond acceptors (Lipinski definition) is 3. The fraction of sp³-hybridized carbons (Fsp3) is 0.125.